The molecule has 2 aromatic rings. The van der Waals surface area contributed by atoms with E-state index in [1.54, 1.807) is 0 Å². The molecule has 5 rings (SSSR count). The van der Waals surface area contributed by atoms with E-state index >= 15 is 0 Å². The lowest BCUT2D eigenvalue weighted by Gasteiger charge is -2.42. The molecule has 3 aliphatic rings. The van der Waals surface area contributed by atoms with E-state index in [2.05, 4.69) is 11.0 Å². The van der Waals surface area contributed by atoms with Crippen LogP contribution in [0.15, 0.2) is 53.5 Å². The number of para-hydroxylation sites is 1. The molecule has 0 spiro atoms. The summed E-state index contributed by atoms with van der Waals surface area (Å²) < 4.78 is 6.08. The minimum atomic E-state index is -0.225. The van der Waals surface area contributed by atoms with Gasteiger partial charge >= 0.3 is 0 Å². The molecule has 204 valence electrons. The highest BCUT2D eigenvalue weighted by Gasteiger charge is 2.35. The molecule has 1 amide bonds. The number of aliphatic hydroxyl groups is 1. The van der Waals surface area contributed by atoms with Crippen LogP contribution in [0.5, 0.6) is 11.5 Å². The topological polar surface area (TPSA) is 91.4 Å². The van der Waals surface area contributed by atoms with Gasteiger partial charge in [0.1, 0.15) is 11.5 Å². The molecule has 0 saturated heterocycles. The Labute approximate surface area is 226 Å². The fourth-order valence-corrected chi connectivity index (χ4v) is 6.48. The molecule has 2 aliphatic carbocycles. The SMILES string of the molecule is CN(C(=O)CCC(C1CCC(O)CC1)N1Cc2cc(Oc3ccccc3)ccc2N=C1N)C1CCCCC1. The molecule has 0 bridgehead atoms. The summed E-state index contributed by atoms with van der Waals surface area (Å²) in [6, 6.07) is 16.2. The zero-order chi connectivity index (χ0) is 26.5. The highest BCUT2D eigenvalue weighted by molar-refractivity contribution is 5.84. The molecule has 1 aliphatic heterocycles. The molecule has 1 heterocycles. The molecule has 0 aromatic heterocycles. The summed E-state index contributed by atoms with van der Waals surface area (Å²) in [5.74, 6) is 2.67. The van der Waals surface area contributed by atoms with E-state index in [0.717, 1.165) is 67.7 Å². The van der Waals surface area contributed by atoms with E-state index in [0.29, 0.717) is 30.9 Å². The second kappa shape index (κ2) is 12.2. The largest absolute Gasteiger partial charge is 0.457 e. The number of hydrogen-bond donors (Lipinski definition) is 2. The smallest absolute Gasteiger partial charge is 0.222 e. The van der Waals surface area contributed by atoms with Gasteiger partial charge in [0, 0.05) is 37.7 Å². The van der Waals surface area contributed by atoms with Crippen LogP contribution >= 0.6 is 0 Å². The van der Waals surface area contributed by atoms with Crippen molar-refractivity contribution in [3.8, 4) is 11.5 Å². The Kier molecular flexibility index (Phi) is 8.52. The van der Waals surface area contributed by atoms with E-state index in [1.165, 1.54) is 19.3 Å². The molecule has 2 fully saturated rings. The number of aliphatic hydroxyl groups excluding tert-OH is 1. The van der Waals surface area contributed by atoms with Crippen LogP contribution in [-0.2, 0) is 11.3 Å². The first-order valence-electron chi connectivity index (χ1n) is 14.4. The Morgan fingerprint density at radius 1 is 1.05 bits per heavy atom. The van der Waals surface area contributed by atoms with Crippen molar-refractivity contribution < 1.29 is 14.6 Å². The summed E-state index contributed by atoms with van der Waals surface area (Å²) in [6.07, 6.45) is 10.4. The number of fused-ring (bicyclic) bond motifs is 1. The summed E-state index contributed by atoms with van der Waals surface area (Å²) in [5.41, 5.74) is 8.51. The van der Waals surface area contributed by atoms with Gasteiger partial charge in [0.15, 0.2) is 5.96 Å². The number of aliphatic imine (C=N–C) groups is 1. The van der Waals surface area contributed by atoms with Gasteiger partial charge in [-0.05, 0) is 81.2 Å². The maximum atomic E-state index is 13.3. The predicted octanol–water partition coefficient (Wildman–Crippen LogP) is 5.73. The summed E-state index contributed by atoms with van der Waals surface area (Å²) in [4.78, 5) is 22.2. The Bertz CT molecular complexity index is 1110. The minimum absolute atomic E-state index is 0.0989. The van der Waals surface area contributed by atoms with Gasteiger partial charge in [-0.1, -0.05) is 37.5 Å². The van der Waals surface area contributed by atoms with Crippen molar-refractivity contribution in [1.29, 1.82) is 0 Å². The fraction of sp³-hybridized carbons (Fsp3) is 0.548. The molecule has 0 radical (unpaired) electrons. The predicted molar refractivity (Wildman–Crippen MR) is 150 cm³/mol. The first-order chi connectivity index (χ1) is 18.5. The van der Waals surface area contributed by atoms with Crippen molar-refractivity contribution in [2.24, 2.45) is 16.6 Å². The number of nitrogens with two attached hydrogens (primary N) is 1. The van der Waals surface area contributed by atoms with Gasteiger partial charge in [-0.25, -0.2) is 4.99 Å². The average Bonchev–Trinajstić information content (AvgIpc) is 2.95. The van der Waals surface area contributed by atoms with Crippen LogP contribution in [0, 0.1) is 5.92 Å². The minimum Gasteiger partial charge on any atom is -0.457 e. The number of carbonyl (C=O) groups is 1. The number of guanidine groups is 1. The summed E-state index contributed by atoms with van der Waals surface area (Å²) in [5, 5.41) is 10.2. The van der Waals surface area contributed by atoms with E-state index in [-0.39, 0.29) is 18.1 Å². The second-order valence-corrected chi connectivity index (χ2v) is 11.3. The average molecular weight is 519 g/mol. The first-order valence-corrected chi connectivity index (χ1v) is 14.4. The molecular weight excluding hydrogens is 476 g/mol. The van der Waals surface area contributed by atoms with Crippen molar-refractivity contribution in [1.82, 2.24) is 9.80 Å². The highest BCUT2D eigenvalue weighted by Crippen LogP contribution is 2.37. The third-order valence-corrected chi connectivity index (χ3v) is 8.76. The zero-order valence-electron chi connectivity index (χ0n) is 22.6. The monoisotopic (exact) mass is 518 g/mol. The molecule has 2 saturated carbocycles. The summed E-state index contributed by atoms with van der Waals surface area (Å²) in [7, 11) is 1.98. The van der Waals surface area contributed by atoms with Crippen molar-refractivity contribution in [3.63, 3.8) is 0 Å². The third-order valence-electron chi connectivity index (χ3n) is 8.76. The van der Waals surface area contributed by atoms with Gasteiger partial charge < -0.3 is 25.4 Å². The molecule has 1 unspecified atom stereocenters. The van der Waals surface area contributed by atoms with Crippen molar-refractivity contribution in [2.75, 3.05) is 7.05 Å². The van der Waals surface area contributed by atoms with Crippen LogP contribution in [-0.4, -0.2) is 52.0 Å². The molecule has 7 nitrogen and oxygen atoms in total. The van der Waals surface area contributed by atoms with Crippen molar-refractivity contribution in [2.45, 2.75) is 95.4 Å². The van der Waals surface area contributed by atoms with Crippen LogP contribution < -0.4 is 10.5 Å². The normalized spacial score (nSPS) is 22.8. The number of hydrogen-bond acceptors (Lipinski definition) is 6. The molecular formula is C31H42N4O3. The fourth-order valence-electron chi connectivity index (χ4n) is 6.48. The molecule has 2 aromatic carbocycles. The Morgan fingerprint density at radius 3 is 2.53 bits per heavy atom. The molecule has 38 heavy (non-hydrogen) atoms. The number of rotatable bonds is 8. The summed E-state index contributed by atoms with van der Waals surface area (Å²) in [6.45, 7) is 0.632. The standard InChI is InChI=1S/C31H42N4O3/c1-34(24-8-4-2-5-9-24)30(37)19-18-29(22-12-14-25(36)15-13-22)35-21-23-20-27(16-17-28(23)33-31(35)32)38-26-10-6-3-7-11-26/h3,6-7,10-11,16-17,20,22,24-25,29,36H,2,4-5,8-9,12-15,18-19,21H2,1H3,(H2,32,33). The maximum absolute atomic E-state index is 13.3. The van der Waals surface area contributed by atoms with E-state index in [4.69, 9.17) is 15.5 Å². The highest BCUT2D eigenvalue weighted by atomic mass is 16.5. The van der Waals surface area contributed by atoms with Gasteiger partial charge in [0.2, 0.25) is 5.91 Å². The molecule has 7 heteroatoms. The van der Waals surface area contributed by atoms with Crippen LogP contribution in [0.2, 0.25) is 0 Å². The Hall–Kier alpha value is -3.06. The first kappa shape index (κ1) is 26.5. The lowest BCUT2D eigenvalue weighted by atomic mass is 9.80. The van der Waals surface area contributed by atoms with Crippen LogP contribution in [0.1, 0.15) is 76.2 Å². The lowest BCUT2D eigenvalue weighted by Crippen LogP contribution is -2.50. The van der Waals surface area contributed by atoms with Gasteiger partial charge in [0.05, 0.1) is 11.8 Å². The Balaban J connectivity index is 1.32. The Morgan fingerprint density at radius 2 is 1.79 bits per heavy atom. The van der Waals surface area contributed by atoms with Crippen molar-refractivity contribution in [3.05, 3.63) is 54.1 Å². The van der Waals surface area contributed by atoms with Crippen molar-refractivity contribution >= 4 is 17.6 Å². The van der Waals surface area contributed by atoms with Crippen LogP contribution in [0.3, 0.4) is 0 Å². The maximum Gasteiger partial charge on any atom is 0.222 e. The zero-order valence-corrected chi connectivity index (χ0v) is 22.6. The van der Waals surface area contributed by atoms with Crippen LogP contribution in [0.4, 0.5) is 5.69 Å². The number of ether oxygens (including phenoxy) is 1. The number of carbonyl (C=O) groups excluding carboxylic acids is 1. The van der Waals surface area contributed by atoms with Gasteiger partial charge in [-0.2, -0.15) is 0 Å². The summed E-state index contributed by atoms with van der Waals surface area (Å²) >= 11 is 0. The molecule has 1 atom stereocenters. The number of benzene rings is 2. The van der Waals surface area contributed by atoms with Gasteiger partial charge in [0.25, 0.3) is 0 Å². The lowest BCUT2D eigenvalue weighted by molar-refractivity contribution is -0.133. The third kappa shape index (κ3) is 6.32. The van der Waals surface area contributed by atoms with E-state index in [9.17, 15) is 9.90 Å². The number of nitrogens with zero attached hydrogens (tertiary/aromatic N) is 3. The quantitative estimate of drug-likeness (QED) is 0.466. The van der Waals surface area contributed by atoms with Gasteiger partial charge in [-0.3, -0.25) is 4.79 Å². The van der Waals surface area contributed by atoms with Gasteiger partial charge in [-0.15, -0.1) is 0 Å². The second-order valence-electron chi connectivity index (χ2n) is 11.3. The molecule has 3 N–H and O–H groups in total. The van der Waals surface area contributed by atoms with E-state index in [1.807, 2.05) is 54.4 Å². The van der Waals surface area contributed by atoms with E-state index < -0.39 is 0 Å². The number of amides is 1. The van der Waals surface area contributed by atoms with Crippen LogP contribution in [0.25, 0.3) is 0 Å².